The van der Waals surface area contributed by atoms with E-state index in [4.69, 9.17) is 0 Å². The van der Waals surface area contributed by atoms with Gasteiger partial charge < -0.3 is 4.90 Å². The van der Waals surface area contributed by atoms with Crippen LogP contribution < -0.4 is 4.72 Å². The number of rotatable bonds is 4. The first-order chi connectivity index (χ1) is 10.5. The van der Waals surface area contributed by atoms with Crippen molar-refractivity contribution < 1.29 is 13.2 Å². The number of hydrogen-bond donors (Lipinski definition) is 1. The Morgan fingerprint density at radius 3 is 2.32 bits per heavy atom. The summed E-state index contributed by atoms with van der Waals surface area (Å²) in [5, 5.41) is 0. The Labute approximate surface area is 131 Å². The molecule has 1 saturated heterocycles. The van der Waals surface area contributed by atoms with Crippen molar-refractivity contribution >= 4 is 15.9 Å². The van der Waals surface area contributed by atoms with E-state index in [2.05, 4.69) is 11.6 Å². The van der Waals surface area contributed by atoms with Crippen LogP contribution in [-0.2, 0) is 14.8 Å². The van der Waals surface area contributed by atoms with Gasteiger partial charge in [-0.05, 0) is 37.3 Å². The van der Waals surface area contributed by atoms with Gasteiger partial charge in [0.15, 0.2) is 0 Å². The molecule has 3 rings (SSSR count). The molecule has 120 valence electrons. The number of hydrogen-bond acceptors (Lipinski definition) is 3. The van der Waals surface area contributed by atoms with Crippen LogP contribution in [0.2, 0.25) is 0 Å². The maximum atomic E-state index is 12.3. The lowest BCUT2D eigenvalue weighted by molar-refractivity contribution is -0.133. The first kappa shape index (κ1) is 15.5. The number of likely N-dealkylation sites (tertiary alicyclic amines) is 1. The summed E-state index contributed by atoms with van der Waals surface area (Å²) in [5.41, 5.74) is 0. The molecule has 0 radical (unpaired) electrons. The second kappa shape index (κ2) is 6.01. The van der Waals surface area contributed by atoms with Crippen molar-refractivity contribution in [2.24, 2.45) is 11.8 Å². The minimum Gasteiger partial charge on any atom is -0.342 e. The molecule has 1 aliphatic carbocycles. The third-order valence-electron chi connectivity index (χ3n) is 4.61. The van der Waals surface area contributed by atoms with Gasteiger partial charge in [-0.25, -0.2) is 13.1 Å². The second-order valence-electron chi connectivity index (χ2n) is 6.35. The first-order valence-corrected chi connectivity index (χ1v) is 9.32. The van der Waals surface area contributed by atoms with Crippen LogP contribution in [0.4, 0.5) is 0 Å². The predicted molar refractivity (Wildman–Crippen MR) is 83.6 cm³/mol. The molecule has 1 amide bonds. The van der Waals surface area contributed by atoms with Gasteiger partial charge in [-0.3, -0.25) is 4.79 Å². The summed E-state index contributed by atoms with van der Waals surface area (Å²) in [6.45, 7) is 3.39. The molecule has 1 aromatic carbocycles. The molecular formula is C16H22N2O3S. The summed E-state index contributed by atoms with van der Waals surface area (Å²) in [5.74, 6) is 0.969. The molecular weight excluding hydrogens is 300 g/mol. The number of nitrogens with one attached hydrogen (secondary N) is 1. The third-order valence-corrected chi connectivity index (χ3v) is 6.15. The van der Waals surface area contributed by atoms with Gasteiger partial charge in [-0.15, -0.1) is 0 Å². The topological polar surface area (TPSA) is 66.5 Å². The average Bonchev–Trinajstić information content (AvgIpc) is 3.25. The molecule has 0 bridgehead atoms. The Kier molecular flexibility index (Phi) is 4.23. The van der Waals surface area contributed by atoms with Gasteiger partial charge in [0.1, 0.15) is 0 Å². The molecule has 2 aliphatic rings. The molecule has 0 spiro atoms. The zero-order valence-corrected chi connectivity index (χ0v) is 13.6. The van der Waals surface area contributed by atoms with Crippen molar-refractivity contribution in [1.82, 2.24) is 9.62 Å². The molecule has 1 saturated carbocycles. The standard InChI is InChI=1S/C16H22N2O3S/c1-12-11-15(12)16(19)18-9-7-13(8-10-18)17-22(20,21)14-5-3-2-4-6-14/h2-6,12-13,15,17H,7-11H2,1H3. The normalized spacial score (nSPS) is 26.0. The minimum atomic E-state index is -3.46. The number of nitrogens with zero attached hydrogens (tertiary/aromatic N) is 1. The highest BCUT2D eigenvalue weighted by Crippen LogP contribution is 2.39. The zero-order chi connectivity index (χ0) is 15.7. The van der Waals surface area contributed by atoms with Gasteiger partial charge in [0.2, 0.25) is 15.9 Å². The van der Waals surface area contributed by atoms with E-state index in [0.29, 0.717) is 36.7 Å². The maximum Gasteiger partial charge on any atom is 0.240 e. The smallest absolute Gasteiger partial charge is 0.240 e. The highest BCUT2D eigenvalue weighted by molar-refractivity contribution is 7.89. The molecule has 2 fully saturated rings. The van der Waals surface area contributed by atoms with E-state index in [1.54, 1.807) is 30.3 Å². The number of sulfonamides is 1. The second-order valence-corrected chi connectivity index (χ2v) is 8.07. The third kappa shape index (κ3) is 3.33. The van der Waals surface area contributed by atoms with E-state index in [1.165, 1.54) is 0 Å². The summed E-state index contributed by atoms with van der Waals surface area (Å²) in [7, 11) is -3.46. The Balaban J connectivity index is 1.55. The quantitative estimate of drug-likeness (QED) is 0.916. The van der Waals surface area contributed by atoms with Crippen molar-refractivity contribution in [2.75, 3.05) is 13.1 Å². The SMILES string of the molecule is CC1CC1C(=O)N1CCC(NS(=O)(=O)c2ccccc2)CC1. The van der Waals surface area contributed by atoms with Crippen molar-refractivity contribution in [1.29, 1.82) is 0 Å². The van der Waals surface area contributed by atoms with Crippen LogP contribution in [0, 0.1) is 11.8 Å². The van der Waals surface area contributed by atoms with Crippen LogP contribution >= 0.6 is 0 Å². The Morgan fingerprint density at radius 2 is 1.77 bits per heavy atom. The van der Waals surface area contributed by atoms with Crippen LogP contribution in [0.25, 0.3) is 0 Å². The minimum absolute atomic E-state index is 0.0918. The van der Waals surface area contributed by atoms with Crippen molar-refractivity contribution in [3.8, 4) is 0 Å². The van der Waals surface area contributed by atoms with Crippen molar-refractivity contribution in [3.05, 3.63) is 30.3 Å². The van der Waals surface area contributed by atoms with E-state index in [9.17, 15) is 13.2 Å². The molecule has 1 heterocycles. The molecule has 2 atom stereocenters. The monoisotopic (exact) mass is 322 g/mol. The molecule has 5 nitrogen and oxygen atoms in total. The maximum absolute atomic E-state index is 12.3. The summed E-state index contributed by atoms with van der Waals surface area (Å²) in [4.78, 5) is 14.4. The van der Waals surface area contributed by atoms with E-state index in [-0.39, 0.29) is 17.9 Å². The summed E-state index contributed by atoms with van der Waals surface area (Å²) < 4.78 is 27.3. The van der Waals surface area contributed by atoms with Gasteiger partial charge >= 0.3 is 0 Å². The predicted octanol–water partition coefficient (Wildman–Crippen LogP) is 1.61. The summed E-state index contributed by atoms with van der Waals surface area (Å²) >= 11 is 0. The van der Waals surface area contributed by atoms with Gasteiger partial charge in [0.05, 0.1) is 4.90 Å². The lowest BCUT2D eigenvalue weighted by Crippen LogP contribution is -2.47. The molecule has 2 unspecified atom stereocenters. The van der Waals surface area contributed by atoms with Gasteiger partial charge in [0, 0.05) is 25.0 Å². The van der Waals surface area contributed by atoms with Crippen LogP contribution in [0.3, 0.4) is 0 Å². The molecule has 0 aromatic heterocycles. The number of benzene rings is 1. The van der Waals surface area contributed by atoms with Crippen molar-refractivity contribution in [2.45, 2.75) is 37.1 Å². The summed E-state index contributed by atoms with van der Waals surface area (Å²) in [6, 6.07) is 8.32. The molecule has 6 heteroatoms. The van der Waals surface area contributed by atoms with Crippen LogP contribution in [0.1, 0.15) is 26.2 Å². The number of amides is 1. The molecule has 1 aromatic rings. The zero-order valence-electron chi connectivity index (χ0n) is 12.7. The van der Waals surface area contributed by atoms with E-state index in [0.717, 1.165) is 6.42 Å². The lowest BCUT2D eigenvalue weighted by Gasteiger charge is -2.32. The molecule has 22 heavy (non-hydrogen) atoms. The Bertz CT molecular complexity index is 637. The van der Waals surface area contributed by atoms with Crippen LogP contribution in [0.5, 0.6) is 0 Å². The largest absolute Gasteiger partial charge is 0.342 e. The van der Waals surface area contributed by atoms with Crippen LogP contribution in [-0.4, -0.2) is 38.4 Å². The Morgan fingerprint density at radius 1 is 1.18 bits per heavy atom. The highest BCUT2D eigenvalue weighted by Gasteiger charge is 2.42. The molecule has 1 N–H and O–H groups in total. The average molecular weight is 322 g/mol. The highest BCUT2D eigenvalue weighted by atomic mass is 32.2. The van der Waals surface area contributed by atoms with Gasteiger partial charge in [-0.2, -0.15) is 0 Å². The first-order valence-electron chi connectivity index (χ1n) is 7.83. The Hall–Kier alpha value is -1.40. The van der Waals surface area contributed by atoms with E-state index in [1.807, 2.05) is 4.90 Å². The molecule has 1 aliphatic heterocycles. The number of piperidine rings is 1. The fourth-order valence-corrected chi connectivity index (χ4v) is 4.33. The van der Waals surface area contributed by atoms with Gasteiger partial charge in [-0.1, -0.05) is 25.1 Å². The number of carbonyl (C=O) groups excluding carboxylic acids is 1. The summed E-state index contributed by atoms with van der Waals surface area (Å²) in [6.07, 6.45) is 2.36. The number of carbonyl (C=O) groups is 1. The van der Waals surface area contributed by atoms with Crippen LogP contribution in [0.15, 0.2) is 35.2 Å². The van der Waals surface area contributed by atoms with Crippen molar-refractivity contribution in [3.63, 3.8) is 0 Å². The fraction of sp³-hybridized carbons (Fsp3) is 0.562. The van der Waals surface area contributed by atoms with Gasteiger partial charge in [0.25, 0.3) is 0 Å². The fourth-order valence-electron chi connectivity index (χ4n) is 3.01. The van der Waals surface area contributed by atoms with E-state index < -0.39 is 10.0 Å². The van der Waals surface area contributed by atoms with E-state index >= 15 is 0 Å². The lowest BCUT2D eigenvalue weighted by atomic mass is 10.1.